The van der Waals surface area contributed by atoms with Gasteiger partial charge in [0, 0.05) is 17.3 Å². The molecule has 0 aromatic heterocycles. The van der Waals surface area contributed by atoms with Crippen molar-refractivity contribution in [3.63, 3.8) is 0 Å². The number of rotatable bonds is 6. The highest BCUT2D eigenvalue weighted by Gasteiger charge is 2.07. The number of ketones is 1. The van der Waals surface area contributed by atoms with Gasteiger partial charge < -0.3 is 10.1 Å². The number of ether oxygens (including phenoxy) is 1. The molecule has 7 heteroatoms. The molecule has 1 amide bonds. The predicted molar refractivity (Wildman–Crippen MR) is 102 cm³/mol. The Morgan fingerprint density at radius 1 is 1.08 bits per heavy atom. The maximum absolute atomic E-state index is 11.8. The van der Waals surface area contributed by atoms with Gasteiger partial charge in [0.2, 0.25) is 0 Å². The molecule has 0 spiro atoms. The normalized spacial score (nSPS) is 10.6. The number of nitrogens with one attached hydrogen (secondary N) is 1. The number of esters is 1. The fourth-order valence-corrected chi connectivity index (χ4v) is 2.28. The lowest BCUT2D eigenvalue weighted by atomic mass is 10.1. The molecule has 0 atom stereocenters. The Hall–Kier alpha value is -2.63. The van der Waals surface area contributed by atoms with Gasteiger partial charge in [0.1, 0.15) is 0 Å². The van der Waals surface area contributed by atoms with Gasteiger partial charge in [-0.3, -0.25) is 9.59 Å². The number of carbonyl (C=O) groups is 3. The lowest BCUT2D eigenvalue weighted by Gasteiger charge is -2.06. The summed E-state index contributed by atoms with van der Waals surface area (Å²) in [4.78, 5) is 34.8. The Balaban J connectivity index is 1.85. The van der Waals surface area contributed by atoms with Crippen LogP contribution in [0.3, 0.4) is 0 Å². The van der Waals surface area contributed by atoms with Crippen molar-refractivity contribution >= 4 is 52.6 Å². The van der Waals surface area contributed by atoms with E-state index < -0.39 is 18.5 Å². The van der Waals surface area contributed by atoms with E-state index >= 15 is 0 Å². The Labute approximate surface area is 160 Å². The van der Waals surface area contributed by atoms with Crippen LogP contribution in [0, 0.1) is 0 Å². The second-order valence-corrected chi connectivity index (χ2v) is 6.11. The molecule has 2 rings (SSSR count). The topological polar surface area (TPSA) is 72.5 Å². The van der Waals surface area contributed by atoms with Crippen molar-refractivity contribution in [1.82, 2.24) is 0 Å². The molecule has 0 aliphatic rings. The summed E-state index contributed by atoms with van der Waals surface area (Å²) in [5, 5.41) is 3.34. The zero-order valence-corrected chi connectivity index (χ0v) is 15.3. The van der Waals surface area contributed by atoms with Crippen molar-refractivity contribution in [3.8, 4) is 0 Å². The number of Topliss-reactive ketones (excluding diaryl/α,β-unsaturated/α-hetero) is 1. The second-order valence-electron chi connectivity index (χ2n) is 5.30. The standard InChI is InChI=1S/C19H15Cl2NO4/c1-12(23)14-3-2-4-15(10-14)22-18(24)11-26-19(25)8-6-13-5-7-16(20)17(21)9-13/h2-10H,11H2,1H3,(H,22,24)/b8-6+. The molecule has 0 aliphatic heterocycles. The average Bonchev–Trinajstić information content (AvgIpc) is 2.61. The SMILES string of the molecule is CC(=O)c1cccc(NC(=O)COC(=O)/C=C/c2ccc(Cl)c(Cl)c2)c1. The van der Waals surface area contributed by atoms with Gasteiger partial charge >= 0.3 is 5.97 Å². The van der Waals surface area contributed by atoms with E-state index in [2.05, 4.69) is 5.32 Å². The fourth-order valence-electron chi connectivity index (χ4n) is 1.98. The fraction of sp³-hybridized carbons (Fsp3) is 0.105. The van der Waals surface area contributed by atoms with Gasteiger partial charge in [-0.2, -0.15) is 0 Å². The first-order valence-electron chi connectivity index (χ1n) is 7.56. The number of carbonyl (C=O) groups excluding carboxylic acids is 3. The number of hydrogen-bond acceptors (Lipinski definition) is 4. The van der Waals surface area contributed by atoms with E-state index in [1.807, 2.05) is 0 Å². The van der Waals surface area contributed by atoms with Crippen molar-refractivity contribution in [3.05, 3.63) is 69.7 Å². The minimum absolute atomic E-state index is 0.111. The molecule has 0 bridgehead atoms. The molecule has 2 aromatic rings. The third kappa shape index (κ3) is 6.02. The first-order valence-corrected chi connectivity index (χ1v) is 8.31. The zero-order valence-electron chi connectivity index (χ0n) is 13.8. The Morgan fingerprint density at radius 3 is 2.54 bits per heavy atom. The molecule has 2 aromatic carbocycles. The summed E-state index contributed by atoms with van der Waals surface area (Å²) in [5.41, 5.74) is 1.59. The maximum atomic E-state index is 11.8. The molecule has 5 nitrogen and oxygen atoms in total. The molecule has 134 valence electrons. The van der Waals surface area contributed by atoms with E-state index in [0.29, 0.717) is 26.9 Å². The first-order chi connectivity index (χ1) is 12.3. The summed E-state index contributed by atoms with van der Waals surface area (Å²) in [6.45, 7) is 0.984. The number of hydrogen-bond donors (Lipinski definition) is 1. The van der Waals surface area contributed by atoms with Crippen molar-refractivity contribution in [2.24, 2.45) is 0 Å². The van der Waals surface area contributed by atoms with Crippen molar-refractivity contribution in [1.29, 1.82) is 0 Å². The van der Waals surface area contributed by atoms with Crippen molar-refractivity contribution in [2.45, 2.75) is 6.92 Å². The van der Waals surface area contributed by atoms with Gasteiger partial charge in [-0.15, -0.1) is 0 Å². The molecule has 1 N–H and O–H groups in total. The predicted octanol–water partition coefficient (Wildman–Crippen LogP) is 4.39. The molecule has 0 heterocycles. The first kappa shape index (κ1) is 19.7. The molecular weight excluding hydrogens is 377 g/mol. The van der Waals surface area contributed by atoms with Crippen molar-refractivity contribution < 1.29 is 19.1 Å². The summed E-state index contributed by atoms with van der Waals surface area (Å²) >= 11 is 11.7. The highest BCUT2D eigenvalue weighted by atomic mass is 35.5. The van der Waals surface area contributed by atoms with E-state index in [4.69, 9.17) is 27.9 Å². The molecule has 0 saturated heterocycles. The van der Waals surface area contributed by atoms with Crippen LogP contribution in [-0.2, 0) is 14.3 Å². The number of amides is 1. The highest BCUT2D eigenvalue weighted by molar-refractivity contribution is 6.42. The summed E-state index contributed by atoms with van der Waals surface area (Å²) in [5.74, 6) is -1.30. The number of halogens is 2. The third-order valence-electron chi connectivity index (χ3n) is 3.25. The van der Waals surface area contributed by atoms with Crippen molar-refractivity contribution in [2.75, 3.05) is 11.9 Å². The van der Waals surface area contributed by atoms with Crippen LogP contribution in [-0.4, -0.2) is 24.3 Å². The molecule has 0 fully saturated rings. The number of anilines is 1. The van der Waals surface area contributed by atoms with E-state index in [1.54, 1.807) is 42.5 Å². The van der Waals surface area contributed by atoms with Crippen LogP contribution < -0.4 is 5.32 Å². The van der Waals surface area contributed by atoms with Gasteiger partial charge in [0.05, 0.1) is 10.0 Å². The van der Waals surface area contributed by atoms with Gasteiger partial charge in [0.15, 0.2) is 12.4 Å². The monoisotopic (exact) mass is 391 g/mol. The Kier molecular flexibility index (Phi) is 6.95. The molecular formula is C19H15Cl2NO4. The molecule has 0 saturated carbocycles. The quantitative estimate of drug-likeness (QED) is 0.450. The van der Waals surface area contributed by atoms with Gasteiger partial charge in [-0.25, -0.2) is 4.79 Å². The van der Waals surface area contributed by atoms with E-state index in [1.165, 1.54) is 19.1 Å². The smallest absolute Gasteiger partial charge is 0.331 e. The average molecular weight is 392 g/mol. The van der Waals surface area contributed by atoms with Crippen LogP contribution in [0.25, 0.3) is 6.08 Å². The number of benzene rings is 2. The van der Waals surface area contributed by atoms with Crippen LogP contribution in [0.4, 0.5) is 5.69 Å². The molecule has 0 unspecified atom stereocenters. The van der Waals surface area contributed by atoms with Gasteiger partial charge in [-0.05, 0) is 42.8 Å². The summed E-state index contributed by atoms with van der Waals surface area (Å²) in [6, 6.07) is 11.4. The lowest BCUT2D eigenvalue weighted by molar-refractivity contribution is -0.142. The molecule has 0 radical (unpaired) electrons. The van der Waals surface area contributed by atoms with Crippen LogP contribution in [0.2, 0.25) is 10.0 Å². The Bertz CT molecular complexity index is 878. The van der Waals surface area contributed by atoms with E-state index in [-0.39, 0.29) is 5.78 Å². The zero-order chi connectivity index (χ0) is 19.1. The summed E-state index contributed by atoms with van der Waals surface area (Å²) in [7, 11) is 0. The summed E-state index contributed by atoms with van der Waals surface area (Å²) in [6.07, 6.45) is 2.68. The van der Waals surface area contributed by atoms with Crippen LogP contribution in [0.1, 0.15) is 22.8 Å². The van der Waals surface area contributed by atoms with Crippen LogP contribution in [0.15, 0.2) is 48.5 Å². The highest BCUT2D eigenvalue weighted by Crippen LogP contribution is 2.23. The van der Waals surface area contributed by atoms with Crippen LogP contribution >= 0.6 is 23.2 Å². The lowest BCUT2D eigenvalue weighted by Crippen LogP contribution is -2.20. The minimum Gasteiger partial charge on any atom is -0.452 e. The largest absolute Gasteiger partial charge is 0.452 e. The van der Waals surface area contributed by atoms with Gasteiger partial charge in [0.25, 0.3) is 5.91 Å². The minimum atomic E-state index is -0.677. The second kappa shape index (κ2) is 9.17. The van der Waals surface area contributed by atoms with Gasteiger partial charge in [-0.1, -0.05) is 41.4 Å². The molecule has 0 aliphatic carbocycles. The maximum Gasteiger partial charge on any atom is 0.331 e. The van der Waals surface area contributed by atoms with E-state index in [0.717, 1.165) is 0 Å². The van der Waals surface area contributed by atoms with Crippen LogP contribution in [0.5, 0.6) is 0 Å². The Morgan fingerprint density at radius 2 is 1.85 bits per heavy atom. The third-order valence-corrected chi connectivity index (χ3v) is 3.99. The van der Waals surface area contributed by atoms with E-state index in [9.17, 15) is 14.4 Å². The molecule has 26 heavy (non-hydrogen) atoms. The summed E-state index contributed by atoms with van der Waals surface area (Å²) < 4.78 is 4.87.